The van der Waals surface area contributed by atoms with E-state index in [2.05, 4.69) is 15.2 Å². The number of benzene rings is 1. The van der Waals surface area contributed by atoms with Gasteiger partial charge in [-0.2, -0.15) is 0 Å². The smallest absolute Gasteiger partial charge is 0.273 e. The van der Waals surface area contributed by atoms with Crippen LogP contribution in [0.25, 0.3) is 10.9 Å². The Morgan fingerprint density at radius 3 is 2.64 bits per heavy atom. The summed E-state index contributed by atoms with van der Waals surface area (Å²) in [6.07, 6.45) is 0.329. The number of rotatable bonds is 2. The molecule has 1 amide bonds. The van der Waals surface area contributed by atoms with Crippen molar-refractivity contribution in [2.24, 2.45) is 15.6 Å². The van der Waals surface area contributed by atoms with Crippen LogP contribution in [0.2, 0.25) is 5.02 Å². The predicted octanol–water partition coefficient (Wildman–Crippen LogP) is 5.03. The Kier molecular flexibility index (Phi) is 3.43. The number of fused-ring (bicyclic) bond motifs is 1. The van der Waals surface area contributed by atoms with Crippen LogP contribution >= 0.6 is 34.8 Å². The van der Waals surface area contributed by atoms with Gasteiger partial charge >= 0.3 is 0 Å². The number of aromatic hydroxyl groups is 1. The maximum atomic E-state index is 12.1. The number of halogens is 3. The van der Waals surface area contributed by atoms with Crippen LogP contribution in [0.4, 0.5) is 5.69 Å². The van der Waals surface area contributed by atoms with Gasteiger partial charge in [0.25, 0.3) is 5.91 Å². The number of H-pyrrole nitrogens is 1. The molecule has 1 atom stereocenters. The van der Waals surface area contributed by atoms with Crippen molar-refractivity contribution in [1.29, 1.82) is 0 Å². The van der Waals surface area contributed by atoms with Crippen molar-refractivity contribution in [3.05, 3.63) is 22.7 Å². The molecule has 116 valence electrons. The normalized spacial score (nSPS) is 23.3. The van der Waals surface area contributed by atoms with E-state index in [1.807, 2.05) is 6.92 Å². The van der Waals surface area contributed by atoms with Crippen molar-refractivity contribution in [2.45, 2.75) is 24.6 Å². The summed E-state index contributed by atoms with van der Waals surface area (Å²) in [5.41, 5.74) is 0.674. The molecular formula is C14H12Cl3N3O2. The van der Waals surface area contributed by atoms with Crippen LogP contribution in [0.1, 0.15) is 18.9 Å². The number of aryl methyl sites for hydroxylation is 1. The number of carbonyl (C=O) groups is 1. The van der Waals surface area contributed by atoms with Crippen LogP contribution in [0.15, 0.2) is 22.4 Å². The molecule has 1 saturated carbocycles. The number of azo groups is 1. The number of hydrogen-bond donors (Lipinski definition) is 2. The third-order valence-corrected chi connectivity index (χ3v) is 5.60. The van der Waals surface area contributed by atoms with Crippen molar-refractivity contribution in [2.75, 3.05) is 0 Å². The van der Waals surface area contributed by atoms with E-state index in [-0.39, 0.29) is 11.6 Å². The molecule has 0 radical (unpaired) electrons. The van der Waals surface area contributed by atoms with Crippen molar-refractivity contribution < 1.29 is 9.90 Å². The summed E-state index contributed by atoms with van der Waals surface area (Å²) in [5.74, 6) is -0.696. The summed E-state index contributed by atoms with van der Waals surface area (Å²) in [7, 11) is 0. The van der Waals surface area contributed by atoms with E-state index in [9.17, 15) is 9.90 Å². The number of alkyl halides is 2. The maximum absolute atomic E-state index is 12.1. The highest BCUT2D eigenvalue weighted by Gasteiger charge is 2.68. The lowest BCUT2D eigenvalue weighted by molar-refractivity contribution is -0.122. The Morgan fingerprint density at radius 2 is 2.05 bits per heavy atom. The first-order valence-corrected chi connectivity index (χ1v) is 7.64. The average Bonchev–Trinajstić information content (AvgIpc) is 2.81. The Labute approximate surface area is 141 Å². The first-order valence-electron chi connectivity index (χ1n) is 6.51. The predicted molar refractivity (Wildman–Crippen MR) is 86.4 cm³/mol. The molecule has 1 aromatic carbocycles. The molecule has 1 heterocycles. The molecule has 1 fully saturated rings. The monoisotopic (exact) mass is 359 g/mol. The van der Waals surface area contributed by atoms with Gasteiger partial charge in [0.15, 0.2) is 5.69 Å². The third-order valence-electron chi connectivity index (χ3n) is 4.09. The molecule has 0 spiro atoms. The summed E-state index contributed by atoms with van der Waals surface area (Å²) in [6, 6.07) is 3.39. The van der Waals surface area contributed by atoms with Crippen LogP contribution in [0.3, 0.4) is 0 Å². The molecule has 0 saturated heterocycles. The molecule has 8 heteroatoms. The number of aromatic amines is 1. The molecule has 0 bridgehead atoms. The molecule has 1 aliphatic carbocycles. The molecule has 22 heavy (non-hydrogen) atoms. The van der Waals surface area contributed by atoms with Crippen molar-refractivity contribution in [1.82, 2.24) is 4.98 Å². The second-order valence-electron chi connectivity index (χ2n) is 5.64. The first-order chi connectivity index (χ1) is 10.2. The van der Waals surface area contributed by atoms with E-state index in [4.69, 9.17) is 34.8 Å². The molecule has 5 nitrogen and oxygen atoms in total. The van der Waals surface area contributed by atoms with Gasteiger partial charge in [-0.1, -0.05) is 11.6 Å². The van der Waals surface area contributed by atoms with E-state index in [1.54, 1.807) is 19.1 Å². The maximum Gasteiger partial charge on any atom is 0.273 e. The summed E-state index contributed by atoms with van der Waals surface area (Å²) < 4.78 is -1.10. The van der Waals surface area contributed by atoms with E-state index in [1.165, 1.54) is 0 Å². The Morgan fingerprint density at radius 1 is 1.41 bits per heavy atom. The summed E-state index contributed by atoms with van der Waals surface area (Å²) in [4.78, 5) is 14.8. The number of nitrogens with one attached hydrogen (secondary N) is 1. The van der Waals surface area contributed by atoms with Gasteiger partial charge < -0.3 is 10.1 Å². The fourth-order valence-corrected chi connectivity index (χ4v) is 3.14. The zero-order chi connectivity index (χ0) is 16.3. The number of amides is 1. The van der Waals surface area contributed by atoms with Gasteiger partial charge in [-0.15, -0.1) is 33.4 Å². The highest BCUT2D eigenvalue weighted by atomic mass is 35.5. The summed E-state index contributed by atoms with van der Waals surface area (Å²) >= 11 is 17.9. The lowest BCUT2D eigenvalue weighted by Gasteiger charge is -2.04. The van der Waals surface area contributed by atoms with Gasteiger partial charge in [0.1, 0.15) is 4.33 Å². The summed E-state index contributed by atoms with van der Waals surface area (Å²) in [5, 5.41) is 18.7. The number of nitrogens with zero attached hydrogens (tertiary/aromatic N) is 2. The molecule has 1 aliphatic rings. The van der Waals surface area contributed by atoms with Gasteiger partial charge in [-0.25, -0.2) is 0 Å². The zero-order valence-corrected chi connectivity index (χ0v) is 14.0. The van der Waals surface area contributed by atoms with Gasteiger partial charge in [0.2, 0.25) is 5.88 Å². The van der Waals surface area contributed by atoms with Crippen molar-refractivity contribution in [3.8, 4) is 5.88 Å². The minimum atomic E-state index is -1.10. The van der Waals surface area contributed by atoms with Gasteiger partial charge in [-0.3, -0.25) is 4.79 Å². The van der Waals surface area contributed by atoms with Crippen LogP contribution in [-0.4, -0.2) is 20.3 Å². The van der Waals surface area contributed by atoms with E-state index >= 15 is 0 Å². The number of hydrogen-bond acceptors (Lipinski definition) is 3. The minimum Gasteiger partial charge on any atom is -0.493 e. The molecule has 3 rings (SSSR count). The SMILES string of the molecule is Cc1c(Cl)ccc2c(N=NC(=O)[C@]3(C)CC3(Cl)Cl)c(O)[nH]c12. The van der Waals surface area contributed by atoms with Crippen LogP contribution in [0, 0.1) is 12.3 Å². The Balaban J connectivity index is 1.98. The Hall–Kier alpha value is -1.30. The average molecular weight is 361 g/mol. The fraction of sp³-hybridized carbons (Fsp3) is 0.357. The number of carbonyl (C=O) groups excluding carboxylic acids is 1. The zero-order valence-electron chi connectivity index (χ0n) is 11.7. The van der Waals surface area contributed by atoms with Crippen molar-refractivity contribution in [3.63, 3.8) is 0 Å². The first kappa shape index (κ1) is 15.6. The highest BCUT2D eigenvalue weighted by molar-refractivity contribution is 6.53. The minimum absolute atomic E-state index is 0.180. The topological polar surface area (TPSA) is 77.8 Å². The molecule has 0 unspecified atom stereocenters. The van der Waals surface area contributed by atoms with E-state index < -0.39 is 15.7 Å². The van der Waals surface area contributed by atoms with E-state index in [0.29, 0.717) is 22.3 Å². The van der Waals surface area contributed by atoms with Gasteiger partial charge in [0.05, 0.1) is 10.9 Å². The van der Waals surface area contributed by atoms with Gasteiger partial charge in [-0.05, 0) is 38.0 Å². The third kappa shape index (κ3) is 2.19. The lowest BCUT2D eigenvalue weighted by Crippen LogP contribution is -2.15. The molecular weight excluding hydrogens is 349 g/mol. The van der Waals surface area contributed by atoms with Gasteiger partial charge in [0, 0.05) is 10.4 Å². The Bertz CT molecular complexity index is 828. The van der Waals surface area contributed by atoms with Crippen LogP contribution < -0.4 is 0 Å². The standard InChI is InChI=1S/C14H12Cl3N3O2/c1-6-8(15)4-3-7-9(6)18-11(21)10(7)19-20-12(22)13(2)5-14(13,16)17/h3-4,18,21H,5H2,1-2H3/t13-/m0/s1. The van der Waals surface area contributed by atoms with E-state index in [0.717, 1.165) is 5.56 Å². The molecule has 0 aliphatic heterocycles. The highest BCUT2D eigenvalue weighted by Crippen LogP contribution is 2.64. The largest absolute Gasteiger partial charge is 0.493 e. The quantitative estimate of drug-likeness (QED) is 0.582. The summed E-state index contributed by atoms with van der Waals surface area (Å²) in [6.45, 7) is 3.45. The fourth-order valence-electron chi connectivity index (χ4n) is 2.29. The molecule has 2 N–H and O–H groups in total. The van der Waals surface area contributed by atoms with Crippen LogP contribution in [0.5, 0.6) is 5.88 Å². The molecule has 2 aromatic rings. The number of aromatic nitrogens is 1. The second kappa shape index (κ2) is 4.85. The second-order valence-corrected chi connectivity index (χ2v) is 7.53. The van der Waals surface area contributed by atoms with Crippen molar-refractivity contribution >= 4 is 57.3 Å². The van der Waals surface area contributed by atoms with Crippen LogP contribution in [-0.2, 0) is 4.79 Å². The molecule has 1 aromatic heterocycles. The lowest BCUT2D eigenvalue weighted by atomic mass is 10.1.